The third kappa shape index (κ3) is 14.5. The number of pyridine rings is 1. The SMILES string of the molecule is C[Si]OC(O[Si]C)C(C)(C)C(CNCc1cc(C)c(NC(=O)CCCCN(C)C(=O)CCN2CCC(OC(=O)Nc3ccccc3-c3ccccc3)CC2)cc1C)c1ccc(O)c2[nH]c(=O)ccc12. The van der Waals surface area contributed by atoms with Crippen molar-refractivity contribution in [3.8, 4) is 16.9 Å². The van der Waals surface area contributed by atoms with Gasteiger partial charge in [0.15, 0.2) is 0 Å². The Labute approximate surface area is 411 Å². The first-order valence-electron chi connectivity index (χ1n) is 23.9. The predicted octanol–water partition coefficient (Wildman–Crippen LogP) is 8.78. The molecule has 0 spiro atoms. The largest absolute Gasteiger partial charge is 0.506 e. The van der Waals surface area contributed by atoms with Crippen molar-refractivity contribution in [1.29, 1.82) is 0 Å². The van der Waals surface area contributed by atoms with Crippen molar-refractivity contribution in [1.82, 2.24) is 20.1 Å². The number of carbonyl (C=O) groups is 3. The molecule has 3 amide bonds. The standard InChI is InChI=1S/C53H68N6O8Si2/c1-35-32-45(36(2)31-38(35)33-54-34-43(53(3,4)51(66-68-6)67-69-7)41-20-22-46(60)50-42(41)21-23-48(62)57-50)55-47(61)19-13-14-27-58(5)49(63)26-30-59-28-24-39(25-29-59)65-52(64)56-44-18-12-11-17-40(44)37-15-9-8-10-16-37/h8-12,15-18,20-23,31-32,39,43,51,54,60H,13-14,19,24-30,33-34H2,1-7H3,(H,55,61)(H,56,64)(H,57,62). The second-order valence-corrected chi connectivity index (χ2v) is 19.7. The van der Waals surface area contributed by atoms with E-state index in [1.54, 1.807) is 17.0 Å². The van der Waals surface area contributed by atoms with Gasteiger partial charge in [-0.1, -0.05) is 74.5 Å². The van der Waals surface area contributed by atoms with E-state index < -0.39 is 17.8 Å². The molecule has 5 aromatic rings. The molecule has 1 saturated heterocycles. The second-order valence-electron chi connectivity index (χ2n) is 18.4. The molecule has 1 aliphatic heterocycles. The summed E-state index contributed by atoms with van der Waals surface area (Å²) >= 11 is 0. The van der Waals surface area contributed by atoms with Gasteiger partial charge in [-0.15, -0.1) is 0 Å². The van der Waals surface area contributed by atoms with Crippen molar-refractivity contribution in [3.63, 3.8) is 0 Å². The van der Waals surface area contributed by atoms with Crippen LogP contribution in [-0.2, 0) is 29.7 Å². The summed E-state index contributed by atoms with van der Waals surface area (Å²) in [6, 6.07) is 28.5. The molecule has 1 unspecified atom stereocenters. The van der Waals surface area contributed by atoms with Crippen LogP contribution in [0, 0.1) is 19.3 Å². The Morgan fingerprint density at radius 1 is 0.870 bits per heavy atom. The van der Waals surface area contributed by atoms with E-state index in [0.29, 0.717) is 75.9 Å². The number of fused-ring (bicyclic) bond motifs is 1. The van der Waals surface area contributed by atoms with Crippen LogP contribution in [0.2, 0.25) is 13.1 Å². The molecule has 4 radical (unpaired) electrons. The summed E-state index contributed by atoms with van der Waals surface area (Å²) in [4.78, 5) is 58.0. The Balaban J connectivity index is 0.915. The number of unbranched alkanes of at least 4 members (excludes halogenated alkanes) is 1. The molecule has 5 N–H and O–H groups in total. The van der Waals surface area contributed by atoms with Crippen LogP contribution in [0.1, 0.15) is 80.5 Å². The maximum absolute atomic E-state index is 13.1. The maximum Gasteiger partial charge on any atom is 0.411 e. The van der Waals surface area contributed by atoms with Crippen LogP contribution in [0.5, 0.6) is 5.75 Å². The van der Waals surface area contributed by atoms with E-state index in [2.05, 4.69) is 45.7 Å². The van der Waals surface area contributed by atoms with Crippen LogP contribution in [0.4, 0.5) is 16.2 Å². The number of hydrogen-bond donors (Lipinski definition) is 5. The first kappa shape index (κ1) is 52.7. The highest BCUT2D eigenvalue weighted by molar-refractivity contribution is 6.26. The Morgan fingerprint density at radius 3 is 2.30 bits per heavy atom. The number of rotatable bonds is 23. The first-order valence-corrected chi connectivity index (χ1v) is 26.7. The number of aromatic nitrogens is 1. The zero-order valence-corrected chi connectivity index (χ0v) is 43.1. The number of amides is 3. The summed E-state index contributed by atoms with van der Waals surface area (Å²) in [5, 5.41) is 21.1. The van der Waals surface area contributed by atoms with Gasteiger partial charge in [0.1, 0.15) is 18.1 Å². The Hall–Kier alpha value is -5.63. The van der Waals surface area contributed by atoms with Crippen LogP contribution in [-0.4, -0.2) is 109 Å². The fraction of sp³-hybridized carbons (Fsp3) is 0.434. The number of nitrogens with zero attached hydrogens (tertiary/aromatic N) is 2. The Morgan fingerprint density at radius 2 is 1.58 bits per heavy atom. The van der Waals surface area contributed by atoms with Gasteiger partial charge in [0.25, 0.3) is 0 Å². The highest BCUT2D eigenvalue weighted by atomic mass is 28.2. The number of hydrogen-bond acceptors (Lipinski definition) is 10. The number of aromatic hydroxyl groups is 1. The van der Waals surface area contributed by atoms with E-state index in [0.717, 1.165) is 57.5 Å². The molecule has 1 aliphatic rings. The summed E-state index contributed by atoms with van der Waals surface area (Å²) < 4.78 is 18.1. The number of nitrogens with one attached hydrogen (secondary N) is 4. The van der Waals surface area contributed by atoms with E-state index in [-0.39, 0.29) is 54.7 Å². The molecule has 0 bridgehead atoms. The summed E-state index contributed by atoms with van der Waals surface area (Å²) in [6.07, 6.45) is 2.41. The monoisotopic (exact) mass is 972 g/mol. The summed E-state index contributed by atoms with van der Waals surface area (Å²) in [5.41, 5.74) is 7.08. The summed E-state index contributed by atoms with van der Waals surface area (Å²) in [7, 11) is 2.28. The van der Waals surface area contributed by atoms with Crippen LogP contribution >= 0.6 is 0 Å². The van der Waals surface area contributed by atoms with Crippen LogP contribution < -0.4 is 21.5 Å². The van der Waals surface area contributed by atoms with E-state index in [9.17, 15) is 24.3 Å². The molecule has 366 valence electrons. The number of benzene rings is 4. The van der Waals surface area contributed by atoms with Gasteiger partial charge in [0.05, 0.1) is 11.2 Å². The highest BCUT2D eigenvalue weighted by Crippen LogP contribution is 2.43. The molecule has 2 heterocycles. The minimum Gasteiger partial charge on any atom is -0.506 e. The number of phenolic OH excluding ortho intramolecular Hbond substituents is 1. The van der Waals surface area contributed by atoms with Gasteiger partial charge < -0.3 is 44.1 Å². The van der Waals surface area contributed by atoms with Crippen LogP contribution in [0.25, 0.3) is 22.0 Å². The van der Waals surface area contributed by atoms with E-state index >= 15 is 0 Å². The molecule has 69 heavy (non-hydrogen) atoms. The normalized spacial score (nSPS) is 13.9. The van der Waals surface area contributed by atoms with Gasteiger partial charge in [-0.3, -0.25) is 19.7 Å². The number of likely N-dealkylation sites (tertiary alicyclic amines) is 1. The number of para-hydroxylation sites is 1. The van der Waals surface area contributed by atoms with Gasteiger partial charge in [0.2, 0.25) is 36.9 Å². The van der Waals surface area contributed by atoms with Gasteiger partial charge in [0, 0.05) is 93.2 Å². The van der Waals surface area contributed by atoms with Gasteiger partial charge in [-0.05, 0) is 105 Å². The van der Waals surface area contributed by atoms with Crippen LogP contribution in [0.3, 0.4) is 0 Å². The molecule has 0 saturated carbocycles. The van der Waals surface area contributed by atoms with Crippen molar-refractivity contribution in [2.75, 3.05) is 50.4 Å². The van der Waals surface area contributed by atoms with Crippen molar-refractivity contribution in [2.24, 2.45) is 5.41 Å². The zero-order valence-electron chi connectivity index (χ0n) is 41.1. The molecule has 1 fully saturated rings. The topological polar surface area (TPSA) is 175 Å². The lowest BCUT2D eigenvalue weighted by Gasteiger charge is -2.41. The number of ether oxygens (including phenoxy) is 1. The Bertz CT molecular complexity index is 2560. The molecule has 14 nitrogen and oxygen atoms in total. The lowest BCUT2D eigenvalue weighted by molar-refractivity contribution is -0.130. The third-order valence-corrected chi connectivity index (χ3v) is 14.0. The first-order chi connectivity index (χ1) is 33.2. The fourth-order valence-electron chi connectivity index (χ4n) is 9.01. The molecule has 1 atom stereocenters. The van der Waals surface area contributed by atoms with E-state index in [1.165, 1.54) is 6.07 Å². The number of anilines is 2. The number of carbonyl (C=O) groups excluding carboxylic acids is 3. The smallest absolute Gasteiger partial charge is 0.411 e. The minimum absolute atomic E-state index is 0.0120. The van der Waals surface area contributed by atoms with Gasteiger partial charge in [-0.2, -0.15) is 0 Å². The van der Waals surface area contributed by atoms with Crippen molar-refractivity contribution >= 4 is 59.7 Å². The number of aromatic amines is 1. The second kappa shape index (κ2) is 25.3. The quantitative estimate of drug-likeness (QED) is 0.0242. The third-order valence-electron chi connectivity index (χ3n) is 13.1. The number of aryl methyl sites for hydroxylation is 2. The molecule has 1 aromatic heterocycles. The lowest BCUT2D eigenvalue weighted by Crippen LogP contribution is -2.44. The number of piperidine rings is 1. The van der Waals surface area contributed by atoms with Gasteiger partial charge in [-0.25, -0.2) is 4.79 Å². The predicted molar refractivity (Wildman–Crippen MR) is 276 cm³/mol. The van der Waals surface area contributed by atoms with Gasteiger partial charge >= 0.3 is 6.09 Å². The average molecular weight is 973 g/mol. The van der Waals surface area contributed by atoms with E-state index in [4.69, 9.17) is 13.6 Å². The maximum atomic E-state index is 13.1. The fourth-order valence-corrected chi connectivity index (χ4v) is 10.2. The number of H-pyrrole nitrogens is 1. The van der Waals surface area contributed by atoms with Crippen LogP contribution in [0.15, 0.2) is 95.8 Å². The molecular formula is C53H68N6O8Si2. The van der Waals surface area contributed by atoms with Crippen molar-refractivity contribution < 1.29 is 33.1 Å². The molecule has 16 heteroatoms. The average Bonchev–Trinajstić information content (AvgIpc) is 3.33. The minimum atomic E-state index is -0.514. The summed E-state index contributed by atoms with van der Waals surface area (Å²) in [6.45, 7) is 16.1. The van der Waals surface area contributed by atoms with Crippen molar-refractivity contribution in [2.45, 2.75) is 104 Å². The molecular weight excluding hydrogens is 905 g/mol. The Kier molecular flexibility index (Phi) is 19.3. The highest BCUT2D eigenvalue weighted by Gasteiger charge is 2.40. The molecule has 0 aliphatic carbocycles. The molecule has 4 aromatic carbocycles. The van der Waals surface area contributed by atoms with E-state index in [1.807, 2.05) is 101 Å². The number of phenols is 1. The lowest BCUT2D eigenvalue weighted by atomic mass is 9.73. The zero-order chi connectivity index (χ0) is 49.5. The van der Waals surface area contributed by atoms with Crippen molar-refractivity contribution in [3.05, 3.63) is 124 Å². The summed E-state index contributed by atoms with van der Waals surface area (Å²) in [5.74, 6) is -0.124. The molecule has 6 rings (SSSR count).